The number of carboxylic acids is 1. The zero-order chi connectivity index (χ0) is 13.1. The van der Waals surface area contributed by atoms with Gasteiger partial charge >= 0.3 is 5.97 Å². The van der Waals surface area contributed by atoms with Gasteiger partial charge in [0.15, 0.2) is 0 Å². The van der Waals surface area contributed by atoms with Crippen LogP contribution in [0.3, 0.4) is 0 Å². The lowest BCUT2D eigenvalue weighted by molar-refractivity contribution is 0.0695. The molecule has 18 heavy (non-hydrogen) atoms. The van der Waals surface area contributed by atoms with Crippen molar-refractivity contribution >= 4 is 21.9 Å². The summed E-state index contributed by atoms with van der Waals surface area (Å²) in [5, 5.41) is 12.7. The highest BCUT2D eigenvalue weighted by molar-refractivity contribution is 9.10. The summed E-state index contributed by atoms with van der Waals surface area (Å²) in [6.45, 7) is 2.02. The molecule has 1 heterocycles. The highest BCUT2D eigenvalue weighted by Crippen LogP contribution is 2.23. The summed E-state index contributed by atoms with van der Waals surface area (Å²) in [5.41, 5.74) is 0.816. The number of nitrogens with zero attached hydrogens (tertiary/aromatic N) is 1. The number of halogens is 1. The van der Waals surface area contributed by atoms with Gasteiger partial charge < -0.3 is 14.4 Å². The summed E-state index contributed by atoms with van der Waals surface area (Å²) >= 11 is 3.17. The zero-order valence-electron chi connectivity index (χ0n) is 9.51. The number of aryl methyl sites for hydroxylation is 1. The lowest BCUT2D eigenvalue weighted by Crippen LogP contribution is -2.00. The molecule has 0 atom stereocenters. The number of aromatic carboxylic acids is 1. The summed E-state index contributed by atoms with van der Waals surface area (Å²) in [6, 6.07) is 6.53. The van der Waals surface area contributed by atoms with Crippen molar-refractivity contribution in [1.29, 1.82) is 0 Å². The molecular formula is C12H10BrNO4. The predicted molar refractivity (Wildman–Crippen MR) is 66.7 cm³/mol. The SMILES string of the molecule is Cc1cc(COc2ccc(Br)c(C(=O)O)c2)no1. The topological polar surface area (TPSA) is 72.6 Å². The summed E-state index contributed by atoms with van der Waals surface area (Å²) in [7, 11) is 0. The zero-order valence-corrected chi connectivity index (χ0v) is 11.1. The third-order valence-electron chi connectivity index (χ3n) is 2.23. The van der Waals surface area contributed by atoms with Gasteiger partial charge in [0.25, 0.3) is 0 Å². The first-order chi connectivity index (χ1) is 8.56. The quantitative estimate of drug-likeness (QED) is 0.939. The molecule has 2 aromatic rings. The van der Waals surface area contributed by atoms with Gasteiger partial charge in [0.1, 0.15) is 23.8 Å². The van der Waals surface area contributed by atoms with Gasteiger partial charge in [-0.1, -0.05) is 5.16 Å². The number of hydrogen-bond donors (Lipinski definition) is 1. The molecule has 0 amide bonds. The predicted octanol–water partition coefficient (Wildman–Crippen LogP) is 3.02. The minimum Gasteiger partial charge on any atom is -0.487 e. The monoisotopic (exact) mass is 311 g/mol. The van der Waals surface area contributed by atoms with E-state index in [0.717, 1.165) is 0 Å². The molecule has 0 saturated carbocycles. The second-order valence-electron chi connectivity index (χ2n) is 3.66. The summed E-state index contributed by atoms with van der Waals surface area (Å²) < 4.78 is 10.9. The Bertz CT molecular complexity index is 579. The molecule has 1 N–H and O–H groups in total. The summed E-state index contributed by atoms with van der Waals surface area (Å²) in [5.74, 6) is 0.163. The molecule has 5 nitrogen and oxygen atoms in total. The van der Waals surface area contributed by atoms with E-state index in [1.807, 2.05) is 0 Å². The average Bonchev–Trinajstić information content (AvgIpc) is 2.74. The molecule has 0 bridgehead atoms. The van der Waals surface area contributed by atoms with Crippen LogP contribution in [0.1, 0.15) is 21.8 Å². The number of rotatable bonds is 4. The third kappa shape index (κ3) is 2.89. The number of hydrogen-bond acceptors (Lipinski definition) is 4. The van der Waals surface area contributed by atoms with Crippen LogP contribution in [0.5, 0.6) is 5.75 Å². The van der Waals surface area contributed by atoms with Crippen molar-refractivity contribution < 1.29 is 19.2 Å². The lowest BCUT2D eigenvalue weighted by Gasteiger charge is -2.06. The third-order valence-corrected chi connectivity index (χ3v) is 2.92. The van der Waals surface area contributed by atoms with Crippen LogP contribution in [0.4, 0.5) is 0 Å². The van der Waals surface area contributed by atoms with E-state index in [9.17, 15) is 4.79 Å². The molecule has 1 aromatic heterocycles. The van der Waals surface area contributed by atoms with Gasteiger partial charge in [-0.25, -0.2) is 4.79 Å². The van der Waals surface area contributed by atoms with E-state index in [0.29, 0.717) is 21.7 Å². The first-order valence-corrected chi connectivity index (χ1v) is 5.93. The normalized spacial score (nSPS) is 10.3. The molecule has 6 heteroatoms. The Morgan fingerprint density at radius 3 is 2.89 bits per heavy atom. The Morgan fingerprint density at radius 1 is 1.50 bits per heavy atom. The standard InChI is InChI=1S/C12H10BrNO4/c1-7-4-8(14-18-7)6-17-9-2-3-11(13)10(5-9)12(15)16/h2-5H,6H2,1H3,(H,15,16). The van der Waals surface area contributed by atoms with Crippen LogP contribution in [0.25, 0.3) is 0 Å². The number of ether oxygens (including phenoxy) is 1. The molecule has 0 saturated heterocycles. The van der Waals surface area contributed by atoms with E-state index in [4.69, 9.17) is 14.4 Å². The van der Waals surface area contributed by atoms with E-state index in [2.05, 4.69) is 21.1 Å². The first-order valence-electron chi connectivity index (χ1n) is 5.14. The van der Waals surface area contributed by atoms with Crippen LogP contribution in [-0.2, 0) is 6.61 Å². The highest BCUT2D eigenvalue weighted by atomic mass is 79.9. The first kappa shape index (κ1) is 12.6. The van der Waals surface area contributed by atoms with Gasteiger partial charge in [0.05, 0.1) is 5.56 Å². The maximum atomic E-state index is 10.9. The number of aromatic nitrogens is 1. The van der Waals surface area contributed by atoms with Crippen molar-refractivity contribution in [1.82, 2.24) is 5.16 Å². The van der Waals surface area contributed by atoms with Gasteiger partial charge in [-0.15, -0.1) is 0 Å². The fraction of sp³-hybridized carbons (Fsp3) is 0.167. The summed E-state index contributed by atoms with van der Waals surface area (Å²) in [4.78, 5) is 10.9. The molecule has 0 radical (unpaired) electrons. The van der Waals surface area contributed by atoms with Crippen LogP contribution in [-0.4, -0.2) is 16.2 Å². The van der Waals surface area contributed by atoms with E-state index in [1.54, 1.807) is 25.1 Å². The van der Waals surface area contributed by atoms with Crippen molar-refractivity contribution in [2.45, 2.75) is 13.5 Å². The van der Waals surface area contributed by atoms with Crippen molar-refractivity contribution in [3.63, 3.8) is 0 Å². The van der Waals surface area contributed by atoms with Gasteiger partial charge in [-0.3, -0.25) is 0 Å². The Labute approximate surface area is 111 Å². The Morgan fingerprint density at radius 2 is 2.28 bits per heavy atom. The number of carbonyl (C=O) groups is 1. The van der Waals surface area contributed by atoms with Gasteiger partial charge in [-0.05, 0) is 41.1 Å². The lowest BCUT2D eigenvalue weighted by atomic mass is 10.2. The van der Waals surface area contributed by atoms with Gasteiger partial charge in [0, 0.05) is 10.5 Å². The largest absolute Gasteiger partial charge is 0.487 e. The number of benzene rings is 1. The molecule has 1 aromatic carbocycles. The Hall–Kier alpha value is -1.82. The fourth-order valence-electron chi connectivity index (χ4n) is 1.40. The highest BCUT2D eigenvalue weighted by Gasteiger charge is 2.10. The molecule has 0 aliphatic rings. The number of carboxylic acid groups (broad SMARTS) is 1. The average molecular weight is 312 g/mol. The van der Waals surface area contributed by atoms with Gasteiger partial charge in [-0.2, -0.15) is 0 Å². The molecule has 0 aliphatic carbocycles. The van der Waals surface area contributed by atoms with E-state index < -0.39 is 5.97 Å². The van der Waals surface area contributed by atoms with Crippen molar-refractivity contribution in [3.8, 4) is 5.75 Å². The Kier molecular flexibility index (Phi) is 3.66. The maximum absolute atomic E-state index is 10.9. The molecule has 0 spiro atoms. The molecule has 94 valence electrons. The molecular weight excluding hydrogens is 302 g/mol. The molecule has 2 rings (SSSR count). The fourth-order valence-corrected chi connectivity index (χ4v) is 1.82. The molecule has 0 unspecified atom stereocenters. The maximum Gasteiger partial charge on any atom is 0.336 e. The smallest absolute Gasteiger partial charge is 0.336 e. The van der Waals surface area contributed by atoms with Crippen LogP contribution < -0.4 is 4.74 Å². The second-order valence-corrected chi connectivity index (χ2v) is 4.52. The van der Waals surface area contributed by atoms with Crippen molar-refractivity contribution in [3.05, 3.63) is 45.8 Å². The summed E-state index contributed by atoms with van der Waals surface area (Å²) in [6.07, 6.45) is 0. The van der Waals surface area contributed by atoms with Gasteiger partial charge in [0.2, 0.25) is 0 Å². The van der Waals surface area contributed by atoms with E-state index in [-0.39, 0.29) is 12.2 Å². The Balaban J connectivity index is 2.10. The van der Waals surface area contributed by atoms with Crippen molar-refractivity contribution in [2.75, 3.05) is 0 Å². The van der Waals surface area contributed by atoms with E-state index in [1.165, 1.54) is 6.07 Å². The molecule has 0 aliphatic heterocycles. The van der Waals surface area contributed by atoms with Crippen LogP contribution in [0.2, 0.25) is 0 Å². The van der Waals surface area contributed by atoms with E-state index >= 15 is 0 Å². The second kappa shape index (κ2) is 5.22. The van der Waals surface area contributed by atoms with Crippen LogP contribution >= 0.6 is 15.9 Å². The minimum atomic E-state index is -1.01. The van der Waals surface area contributed by atoms with Crippen LogP contribution in [0, 0.1) is 6.92 Å². The molecule has 0 fully saturated rings. The van der Waals surface area contributed by atoms with Crippen LogP contribution in [0.15, 0.2) is 33.3 Å². The van der Waals surface area contributed by atoms with Crippen molar-refractivity contribution in [2.24, 2.45) is 0 Å². The minimum absolute atomic E-state index is 0.156.